The summed E-state index contributed by atoms with van der Waals surface area (Å²) in [6.45, 7) is 2.13. The normalized spacial score (nSPS) is 20.3. The maximum Gasteiger partial charge on any atom is 0.223 e. The Morgan fingerprint density at radius 3 is 3.16 bits per heavy atom. The molecule has 1 atom stereocenters. The van der Waals surface area contributed by atoms with Crippen molar-refractivity contribution in [1.82, 2.24) is 10.1 Å². The van der Waals surface area contributed by atoms with Crippen molar-refractivity contribution in [1.29, 1.82) is 0 Å². The van der Waals surface area contributed by atoms with Crippen molar-refractivity contribution in [2.75, 3.05) is 32.9 Å². The fourth-order valence-corrected chi connectivity index (χ4v) is 2.17. The topological polar surface area (TPSA) is 75.8 Å². The fraction of sp³-hybridized carbons (Fsp3) is 0.667. The zero-order valence-corrected chi connectivity index (χ0v) is 11.3. The third-order valence-corrected chi connectivity index (χ3v) is 3.24. The number of hydrogen-bond acceptors (Lipinski definition) is 5. The van der Waals surface area contributed by atoms with E-state index < -0.39 is 0 Å². The Bertz CT molecular complexity index is 424. The second-order valence-corrected chi connectivity index (χ2v) is 4.97. The second-order valence-electron chi connectivity index (χ2n) is 4.58. The molecule has 2 heterocycles. The van der Waals surface area contributed by atoms with Gasteiger partial charge in [0.15, 0.2) is 5.15 Å². The largest absolute Gasteiger partial charge is 0.396 e. The molecule has 0 bridgehead atoms. The first-order valence-electron chi connectivity index (χ1n) is 6.26. The molecule has 1 N–H and O–H groups in total. The van der Waals surface area contributed by atoms with Gasteiger partial charge in [0.25, 0.3) is 0 Å². The highest BCUT2D eigenvalue weighted by Crippen LogP contribution is 2.13. The van der Waals surface area contributed by atoms with Gasteiger partial charge in [0.05, 0.1) is 13.2 Å². The lowest BCUT2D eigenvalue weighted by molar-refractivity contribution is -0.131. The molecule has 2 rings (SSSR count). The van der Waals surface area contributed by atoms with E-state index in [4.69, 9.17) is 20.9 Å². The van der Waals surface area contributed by atoms with Gasteiger partial charge in [0.1, 0.15) is 5.76 Å². The number of aliphatic hydroxyl groups is 1. The minimum atomic E-state index is -0.00817. The van der Waals surface area contributed by atoms with E-state index in [1.54, 1.807) is 11.0 Å². The second kappa shape index (κ2) is 6.88. The number of carbonyl (C=O) groups is 1. The number of amides is 1. The Hall–Kier alpha value is -1.11. The summed E-state index contributed by atoms with van der Waals surface area (Å²) in [5.74, 6) is 0.616. The number of aliphatic hydroxyl groups excluding tert-OH is 1. The number of aryl methyl sites for hydroxylation is 1. The van der Waals surface area contributed by atoms with Crippen molar-refractivity contribution in [3.8, 4) is 0 Å². The molecule has 0 aromatic carbocycles. The van der Waals surface area contributed by atoms with Crippen LogP contribution < -0.4 is 0 Å². The molecule has 0 saturated carbocycles. The number of halogens is 1. The van der Waals surface area contributed by atoms with Crippen LogP contribution in [-0.4, -0.2) is 54.0 Å². The first-order valence-corrected chi connectivity index (χ1v) is 6.64. The Labute approximate surface area is 116 Å². The van der Waals surface area contributed by atoms with Crippen molar-refractivity contribution in [2.45, 2.75) is 12.8 Å². The standard InChI is InChI=1S/C12H17ClN2O4/c13-11-5-10(19-14-11)1-2-12(17)15-3-4-18-8-9(6-15)7-16/h5,9,16H,1-4,6-8H2/t9-/m1/s1. The molecule has 1 saturated heterocycles. The molecule has 1 aliphatic heterocycles. The number of carbonyl (C=O) groups excluding carboxylic acids is 1. The van der Waals surface area contributed by atoms with E-state index in [1.807, 2.05) is 0 Å². The summed E-state index contributed by atoms with van der Waals surface area (Å²) >= 11 is 5.64. The molecule has 6 nitrogen and oxygen atoms in total. The average molecular weight is 289 g/mol. The molecule has 0 unspecified atom stereocenters. The van der Waals surface area contributed by atoms with E-state index in [0.29, 0.717) is 50.1 Å². The van der Waals surface area contributed by atoms with Gasteiger partial charge in [-0.25, -0.2) is 0 Å². The average Bonchev–Trinajstić information content (AvgIpc) is 2.68. The summed E-state index contributed by atoms with van der Waals surface area (Å²) in [7, 11) is 0. The molecule has 1 fully saturated rings. The van der Waals surface area contributed by atoms with Crippen molar-refractivity contribution in [2.24, 2.45) is 5.92 Å². The predicted molar refractivity (Wildman–Crippen MR) is 67.8 cm³/mol. The lowest BCUT2D eigenvalue weighted by Gasteiger charge is -2.22. The van der Waals surface area contributed by atoms with E-state index in [-0.39, 0.29) is 18.4 Å². The number of nitrogens with zero attached hydrogens (tertiary/aromatic N) is 2. The SMILES string of the molecule is O=C(CCc1cc(Cl)no1)N1CCOC[C@@H](CO)C1. The maximum atomic E-state index is 12.1. The van der Waals surface area contributed by atoms with Gasteiger partial charge in [-0.3, -0.25) is 4.79 Å². The Morgan fingerprint density at radius 1 is 1.63 bits per heavy atom. The number of aromatic nitrogens is 1. The highest BCUT2D eigenvalue weighted by Gasteiger charge is 2.22. The Kier molecular flexibility index (Phi) is 5.18. The van der Waals surface area contributed by atoms with E-state index in [2.05, 4.69) is 5.16 Å². The molecule has 106 valence electrons. The fourth-order valence-electron chi connectivity index (χ4n) is 2.01. The Morgan fingerprint density at radius 2 is 2.47 bits per heavy atom. The van der Waals surface area contributed by atoms with E-state index in [9.17, 15) is 9.90 Å². The molecule has 0 spiro atoms. The molecule has 7 heteroatoms. The van der Waals surface area contributed by atoms with Crippen LogP contribution in [-0.2, 0) is 16.0 Å². The highest BCUT2D eigenvalue weighted by atomic mass is 35.5. The molecule has 0 aliphatic carbocycles. The van der Waals surface area contributed by atoms with Crippen LogP contribution in [0.5, 0.6) is 0 Å². The molecular weight excluding hydrogens is 272 g/mol. The zero-order valence-electron chi connectivity index (χ0n) is 10.5. The predicted octanol–water partition coefficient (Wildman–Crippen LogP) is 0.728. The van der Waals surface area contributed by atoms with Gasteiger partial charge >= 0.3 is 0 Å². The molecule has 1 amide bonds. The zero-order chi connectivity index (χ0) is 13.7. The van der Waals surface area contributed by atoms with Crippen LogP contribution in [0.15, 0.2) is 10.6 Å². The highest BCUT2D eigenvalue weighted by molar-refractivity contribution is 6.29. The smallest absolute Gasteiger partial charge is 0.223 e. The molecule has 19 heavy (non-hydrogen) atoms. The van der Waals surface area contributed by atoms with Crippen LogP contribution >= 0.6 is 11.6 Å². The molecule has 1 aliphatic rings. The van der Waals surface area contributed by atoms with Gasteiger partial charge in [-0.05, 0) is 0 Å². The summed E-state index contributed by atoms with van der Waals surface area (Å²) in [5, 5.41) is 13.0. The van der Waals surface area contributed by atoms with Crippen LogP contribution in [0.1, 0.15) is 12.2 Å². The molecule has 1 aromatic rings. The first kappa shape index (κ1) is 14.3. The van der Waals surface area contributed by atoms with Crippen molar-refractivity contribution >= 4 is 17.5 Å². The van der Waals surface area contributed by atoms with Crippen molar-refractivity contribution in [3.05, 3.63) is 17.0 Å². The molecular formula is C12H17ClN2O4. The monoisotopic (exact) mass is 288 g/mol. The maximum absolute atomic E-state index is 12.1. The summed E-state index contributed by atoms with van der Waals surface area (Å²) < 4.78 is 10.3. The van der Waals surface area contributed by atoms with Crippen molar-refractivity contribution in [3.63, 3.8) is 0 Å². The third kappa shape index (κ3) is 4.19. The third-order valence-electron chi connectivity index (χ3n) is 3.06. The number of rotatable bonds is 4. The van der Waals surface area contributed by atoms with E-state index >= 15 is 0 Å². The van der Waals surface area contributed by atoms with E-state index in [1.165, 1.54) is 0 Å². The minimum Gasteiger partial charge on any atom is -0.396 e. The van der Waals surface area contributed by atoms with Gasteiger partial charge in [-0.15, -0.1) is 0 Å². The lowest BCUT2D eigenvalue weighted by Crippen LogP contribution is -2.36. The minimum absolute atomic E-state index is 0.00817. The van der Waals surface area contributed by atoms with Crippen LogP contribution in [0.3, 0.4) is 0 Å². The number of hydrogen-bond donors (Lipinski definition) is 1. The molecule has 1 aromatic heterocycles. The van der Waals surface area contributed by atoms with Gasteiger partial charge in [-0.1, -0.05) is 16.8 Å². The van der Waals surface area contributed by atoms with Crippen molar-refractivity contribution < 1.29 is 19.2 Å². The molecule has 0 radical (unpaired) electrons. The van der Waals surface area contributed by atoms with Crippen LogP contribution in [0.25, 0.3) is 0 Å². The quantitative estimate of drug-likeness (QED) is 0.884. The number of ether oxygens (including phenoxy) is 1. The summed E-state index contributed by atoms with van der Waals surface area (Å²) in [6.07, 6.45) is 0.809. The van der Waals surface area contributed by atoms with Gasteiger partial charge in [-0.2, -0.15) is 0 Å². The summed E-state index contributed by atoms with van der Waals surface area (Å²) in [6, 6.07) is 1.61. The van der Waals surface area contributed by atoms with Gasteiger partial charge in [0.2, 0.25) is 5.91 Å². The van der Waals surface area contributed by atoms with E-state index in [0.717, 1.165) is 0 Å². The van der Waals surface area contributed by atoms with Crippen LogP contribution in [0.2, 0.25) is 5.15 Å². The van der Waals surface area contributed by atoms with Gasteiger partial charge in [0, 0.05) is 44.5 Å². The summed E-state index contributed by atoms with van der Waals surface area (Å²) in [4.78, 5) is 13.8. The Balaban J connectivity index is 1.84. The van der Waals surface area contributed by atoms with Crippen LogP contribution in [0, 0.1) is 5.92 Å². The van der Waals surface area contributed by atoms with Gasteiger partial charge < -0.3 is 19.3 Å². The van der Waals surface area contributed by atoms with Crippen LogP contribution in [0.4, 0.5) is 0 Å². The summed E-state index contributed by atoms with van der Waals surface area (Å²) in [5.41, 5.74) is 0. The lowest BCUT2D eigenvalue weighted by atomic mass is 10.1. The first-order chi connectivity index (χ1) is 9.19.